The molecule has 0 bridgehead atoms. The summed E-state index contributed by atoms with van der Waals surface area (Å²) >= 11 is 15.3. The summed E-state index contributed by atoms with van der Waals surface area (Å²) in [6.07, 6.45) is 1.14. The number of rotatable bonds is 9. The fraction of sp³-hybridized carbons (Fsp3) is 0.174. The molecular formula is C23H21BrCl2N2O4S. The van der Waals surface area contributed by atoms with Crippen LogP contribution in [0.15, 0.2) is 71.2 Å². The minimum Gasteiger partial charge on any atom is -0.492 e. The average molecular weight is 572 g/mol. The van der Waals surface area contributed by atoms with Crippen molar-refractivity contribution in [3.05, 3.63) is 92.4 Å². The zero-order chi connectivity index (χ0) is 24.0. The highest BCUT2D eigenvalue weighted by atomic mass is 79.9. The van der Waals surface area contributed by atoms with Crippen molar-refractivity contribution in [2.75, 3.05) is 23.7 Å². The number of ether oxygens (including phenoxy) is 1. The van der Waals surface area contributed by atoms with E-state index in [1.54, 1.807) is 66.7 Å². The van der Waals surface area contributed by atoms with Gasteiger partial charge in [0.2, 0.25) is 10.0 Å². The Balaban J connectivity index is 1.59. The van der Waals surface area contributed by atoms with Crippen LogP contribution >= 0.6 is 39.1 Å². The summed E-state index contributed by atoms with van der Waals surface area (Å²) in [5, 5.41) is 3.82. The Bertz CT molecular complexity index is 1220. The van der Waals surface area contributed by atoms with Crippen molar-refractivity contribution < 1.29 is 17.9 Å². The maximum atomic E-state index is 12.4. The molecule has 0 aliphatic heterocycles. The fourth-order valence-electron chi connectivity index (χ4n) is 2.93. The summed E-state index contributed by atoms with van der Waals surface area (Å²) < 4.78 is 32.2. The molecule has 0 spiro atoms. The third-order valence-electron chi connectivity index (χ3n) is 4.60. The highest BCUT2D eigenvalue weighted by molar-refractivity contribution is 9.10. The van der Waals surface area contributed by atoms with Crippen molar-refractivity contribution in [1.82, 2.24) is 5.32 Å². The molecule has 0 unspecified atom stereocenters. The molecule has 10 heteroatoms. The Labute approximate surface area is 211 Å². The van der Waals surface area contributed by atoms with Gasteiger partial charge < -0.3 is 10.1 Å². The normalized spacial score (nSPS) is 11.2. The maximum Gasteiger partial charge on any atom is 0.251 e. The quantitative estimate of drug-likeness (QED) is 0.343. The summed E-state index contributed by atoms with van der Waals surface area (Å²) in [5.41, 5.74) is 1.64. The van der Waals surface area contributed by atoms with Crippen LogP contribution < -0.4 is 14.4 Å². The number of carbonyl (C=O) groups is 1. The number of benzene rings is 3. The summed E-state index contributed by atoms with van der Waals surface area (Å²) in [6, 6.07) is 18.7. The van der Waals surface area contributed by atoms with Gasteiger partial charge in [-0.1, -0.05) is 35.3 Å². The molecule has 3 rings (SSSR count). The predicted octanol–water partition coefficient (Wildman–Crippen LogP) is 5.53. The number of halogens is 3. The van der Waals surface area contributed by atoms with Crippen LogP contribution in [0.2, 0.25) is 10.0 Å². The number of nitrogens with one attached hydrogen (secondary N) is 1. The molecule has 0 saturated heterocycles. The first-order chi connectivity index (χ1) is 15.6. The van der Waals surface area contributed by atoms with Gasteiger partial charge >= 0.3 is 0 Å². The lowest BCUT2D eigenvalue weighted by Gasteiger charge is -2.23. The van der Waals surface area contributed by atoms with Crippen LogP contribution in [0.3, 0.4) is 0 Å². The third kappa shape index (κ3) is 7.37. The minimum absolute atomic E-state index is 0.105. The van der Waals surface area contributed by atoms with Gasteiger partial charge in [-0.25, -0.2) is 8.42 Å². The number of carbonyl (C=O) groups excluding carboxylic acids is 1. The molecule has 0 aromatic heterocycles. The Kier molecular flexibility index (Phi) is 8.64. The SMILES string of the molecule is CS(=O)(=O)N(Cc1ccc(C(=O)NCCOc2ccc(Cl)cc2)cc1)c1ccc(Br)c(Cl)c1. The lowest BCUT2D eigenvalue weighted by molar-refractivity contribution is 0.0947. The lowest BCUT2D eigenvalue weighted by atomic mass is 10.1. The van der Waals surface area contributed by atoms with Crippen LogP contribution in [0.5, 0.6) is 5.75 Å². The Hall–Kier alpha value is -2.26. The molecule has 0 fully saturated rings. The number of anilines is 1. The number of nitrogens with zero attached hydrogens (tertiary/aromatic N) is 1. The van der Waals surface area contributed by atoms with Gasteiger partial charge in [0.25, 0.3) is 5.91 Å². The van der Waals surface area contributed by atoms with Crippen LogP contribution in [0.1, 0.15) is 15.9 Å². The molecule has 1 N–H and O–H groups in total. The average Bonchev–Trinajstić information content (AvgIpc) is 2.78. The standard InChI is InChI=1S/C23H21BrCl2N2O4S/c1-33(30,31)28(19-8-11-21(24)22(26)14-19)15-16-2-4-17(5-3-16)23(29)27-12-13-32-20-9-6-18(25)7-10-20/h2-11,14H,12-13,15H2,1H3,(H,27,29). The van der Waals surface area contributed by atoms with Gasteiger partial charge in [0.1, 0.15) is 12.4 Å². The van der Waals surface area contributed by atoms with Crippen molar-refractivity contribution >= 4 is 60.7 Å². The van der Waals surface area contributed by atoms with Crippen LogP contribution in [0, 0.1) is 0 Å². The van der Waals surface area contributed by atoms with Gasteiger partial charge in [0.15, 0.2) is 0 Å². The van der Waals surface area contributed by atoms with Crippen molar-refractivity contribution in [3.63, 3.8) is 0 Å². The predicted molar refractivity (Wildman–Crippen MR) is 136 cm³/mol. The number of hydrogen-bond donors (Lipinski definition) is 1. The molecule has 33 heavy (non-hydrogen) atoms. The van der Waals surface area contributed by atoms with Gasteiger partial charge in [-0.2, -0.15) is 0 Å². The highest BCUT2D eigenvalue weighted by Gasteiger charge is 2.19. The van der Waals surface area contributed by atoms with Crippen LogP contribution in [-0.4, -0.2) is 33.7 Å². The molecule has 6 nitrogen and oxygen atoms in total. The van der Waals surface area contributed by atoms with Gasteiger partial charge in [-0.3, -0.25) is 9.10 Å². The van der Waals surface area contributed by atoms with Crippen molar-refractivity contribution in [2.45, 2.75) is 6.54 Å². The largest absolute Gasteiger partial charge is 0.492 e. The monoisotopic (exact) mass is 570 g/mol. The molecule has 0 aliphatic carbocycles. The molecule has 3 aromatic carbocycles. The second-order valence-electron chi connectivity index (χ2n) is 7.12. The first-order valence-corrected chi connectivity index (χ1v) is 13.2. The van der Waals surface area contributed by atoms with Crippen molar-refractivity contribution in [3.8, 4) is 5.75 Å². The van der Waals surface area contributed by atoms with Gasteiger partial charge in [0, 0.05) is 15.1 Å². The van der Waals surface area contributed by atoms with E-state index in [1.165, 1.54) is 4.31 Å². The summed E-state index contributed by atoms with van der Waals surface area (Å²) in [5.74, 6) is 0.418. The topological polar surface area (TPSA) is 75.7 Å². The van der Waals surface area contributed by atoms with Crippen LogP contribution in [0.4, 0.5) is 5.69 Å². The molecule has 174 valence electrons. The van der Waals surface area contributed by atoms with E-state index in [4.69, 9.17) is 27.9 Å². The highest BCUT2D eigenvalue weighted by Crippen LogP contribution is 2.29. The van der Waals surface area contributed by atoms with Gasteiger partial charge in [-0.05, 0) is 76.1 Å². The van der Waals surface area contributed by atoms with Crippen LogP contribution in [0.25, 0.3) is 0 Å². The van der Waals surface area contributed by atoms with E-state index in [2.05, 4.69) is 21.2 Å². The molecule has 1 amide bonds. The zero-order valence-electron chi connectivity index (χ0n) is 17.6. The van der Waals surface area contributed by atoms with E-state index in [9.17, 15) is 13.2 Å². The van der Waals surface area contributed by atoms with E-state index in [1.807, 2.05) is 0 Å². The van der Waals surface area contributed by atoms with E-state index in [-0.39, 0.29) is 12.5 Å². The maximum absolute atomic E-state index is 12.4. The van der Waals surface area contributed by atoms with Gasteiger partial charge in [-0.15, -0.1) is 0 Å². The second kappa shape index (κ2) is 11.2. The van der Waals surface area contributed by atoms with E-state index >= 15 is 0 Å². The van der Waals surface area contributed by atoms with Gasteiger partial charge in [0.05, 0.1) is 30.1 Å². The number of amides is 1. The lowest BCUT2D eigenvalue weighted by Crippen LogP contribution is -2.29. The first-order valence-electron chi connectivity index (χ1n) is 9.82. The third-order valence-corrected chi connectivity index (χ3v) is 7.23. The molecule has 0 radical (unpaired) electrons. The number of sulfonamides is 1. The molecule has 0 atom stereocenters. The first kappa shape index (κ1) is 25.4. The summed E-state index contributed by atoms with van der Waals surface area (Å²) in [6.45, 7) is 0.744. The van der Waals surface area contributed by atoms with E-state index < -0.39 is 10.0 Å². The molecule has 0 aliphatic rings. The summed E-state index contributed by atoms with van der Waals surface area (Å²) in [7, 11) is -3.55. The molecule has 0 heterocycles. The Morgan fingerprint density at radius 1 is 1.03 bits per heavy atom. The van der Waals surface area contributed by atoms with Crippen molar-refractivity contribution in [2.24, 2.45) is 0 Å². The smallest absolute Gasteiger partial charge is 0.251 e. The molecule has 0 saturated carbocycles. The second-order valence-corrected chi connectivity index (χ2v) is 10.7. The fourth-order valence-corrected chi connectivity index (χ4v) is 4.36. The molecular weight excluding hydrogens is 551 g/mol. The van der Waals surface area contributed by atoms with E-state index in [0.29, 0.717) is 44.7 Å². The molecule has 3 aromatic rings. The minimum atomic E-state index is -3.55. The van der Waals surface area contributed by atoms with E-state index in [0.717, 1.165) is 11.8 Å². The number of hydrogen-bond acceptors (Lipinski definition) is 4. The Morgan fingerprint density at radius 2 is 1.70 bits per heavy atom. The summed E-state index contributed by atoms with van der Waals surface area (Å²) in [4.78, 5) is 12.4. The van der Waals surface area contributed by atoms with Crippen molar-refractivity contribution in [1.29, 1.82) is 0 Å². The van der Waals surface area contributed by atoms with Crippen LogP contribution in [-0.2, 0) is 16.6 Å². The Morgan fingerprint density at radius 3 is 2.30 bits per heavy atom. The zero-order valence-corrected chi connectivity index (χ0v) is 21.5.